The minimum atomic E-state index is -4.30. The van der Waals surface area contributed by atoms with E-state index in [0.29, 0.717) is 6.61 Å². The average molecular weight is 295 g/mol. The third-order valence-corrected chi connectivity index (χ3v) is 3.08. The summed E-state index contributed by atoms with van der Waals surface area (Å²) in [7, 11) is -4.30. The van der Waals surface area contributed by atoms with Crippen molar-refractivity contribution in [3.8, 4) is 5.75 Å². The highest BCUT2D eigenvalue weighted by molar-refractivity contribution is 7.89. The van der Waals surface area contributed by atoms with Gasteiger partial charge in [0.25, 0.3) is 0 Å². The van der Waals surface area contributed by atoms with Crippen molar-refractivity contribution < 1.29 is 26.7 Å². The largest absolute Gasteiger partial charge is 0.488 e. The molecule has 0 amide bonds. The zero-order valence-corrected chi connectivity index (χ0v) is 11.2. The van der Waals surface area contributed by atoms with Gasteiger partial charge >= 0.3 is 0 Å². The van der Waals surface area contributed by atoms with Crippen LogP contribution in [0, 0.1) is 11.6 Å². The quantitative estimate of drug-likeness (QED) is 0.772. The molecule has 8 heteroatoms. The van der Waals surface area contributed by atoms with Gasteiger partial charge in [0, 0.05) is 6.61 Å². The van der Waals surface area contributed by atoms with Crippen molar-refractivity contribution >= 4 is 10.0 Å². The number of rotatable bonds is 7. The first-order valence-corrected chi connectivity index (χ1v) is 7.14. The predicted octanol–water partition coefficient (Wildman–Crippen LogP) is 1.42. The van der Waals surface area contributed by atoms with Crippen molar-refractivity contribution in [3.05, 3.63) is 23.8 Å². The Morgan fingerprint density at radius 1 is 1.16 bits per heavy atom. The topological polar surface area (TPSA) is 78.6 Å². The number of halogens is 2. The second-order valence-corrected chi connectivity index (χ2v) is 5.23. The number of hydrogen-bond acceptors (Lipinski definition) is 4. The Morgan fingerprint density at radius 3 is 2.42 bits per heavy atom. The second kappa shape index (κ2) is 6.78. The van der Waals surface area contributed by atoms with Crippen LogP contribution in [0.3, 0.4) is 0 Å². The number of sulfonamides is 1. The molecule has 0 aliphatic heterocycles. The van der Waals surface area contributed by atoms with E-state index in [9.17, 15) is 17.2 Å². The van der Waals surface area contributed by atoms with Gasteiger partial charge in [0.1, 0.15) is 11.5 Å². The Bertz CT molecular complexity index is 534. The van der Waals surface area contributed by atoms with E-state index in [1.807, 2.05) is 6.92 Å². The van der Waals surface area contributed by atoms with Crippen LogP contribution in [0.15, 0.2) is 17.0 Å². The van der Waals surface area contributed by atoms with Gasteiger partial charge in [0.15, 0.2) is 11.6 Å². The van der Waals surface area contributed by atoms with E-state index in [1.54, 1.807) is 0 Å². The zero-order chi connectivity index (χ0) is 14.5. The van der Waals surface area contributed by atoms with E-state index in [0.717, 1.165) is 18.6 Å². The molecule has 0 aliphatic carbocycles. The van der Waals surface area contributed by atoms with E-state index < -0.39 is 26.6 Å². The van der Waals surface area contributed by atoms with Crippen molar-refractivity contribution in [3.63, 3.8) is 0 Å². The maximum absolute atomic E-state index is 13.5. The molecule has 0 unspecified atom stereocenters. The highest BCUT2D eigenvalue weighted by atomic mass is 32.2. The lowest BCUT2D eigenvalue weighted by Gasteiger charge is -2.09. The van der Waals surface area contributed by atoms with Gasteiger partial charge in [-0.25, -0.2) is 17.9 Å². The molecule has 2 N–H and O–H groups in total. The van der Waals surface area contributed by atoms with Crippen LogP contribution in [0.5, 0.6) is 5.75 Å². The van der Waals surface area contributed by atoms with Gasteiger partial charge in [-0.05, 0) is 18.6 Å². The minimum Gasteiger partial charge on any atom is -0.488 e. The summed E-state index contributed by atoms with van der Waals surface area (Å²) in [5, 5.41) is 4.74. The number of benzene rings is 1. The highest BCUT2D eigenvalue weighted by Crippen LogP contribution is 2.24. The maximum atomic E-state index is 13.5. The van der Waals surface area contributed by atoms with Gasteiger partial charge < -0.3 is 9.47 Å². The molecule has 1 aromatic rings. The van der Waals surface area contributed by atoms with Gasteiger partial charge in [0.2, 0.25) is 15.8 Å². The molecule has 0 fully saturated rings. The van der Waals surface area contributed by atoms with E-state index in [4.69, 9.17) is 14.6 Å². The van der Waals surface area contributed by atoms with Gasteiger partial charge in [-0.1, -0.05) is 6.92 Å². The first kappa shape index (κ1) is 15.8. The van der Waals surface area contributed by atoms with E-state index in [1.165, 1.54) is 0 Å². The van der Waals surface area contributed by atoms with E-state index >= 15 is 0 Å². The molecular formula is C11H15F2NO4S. The van der Waals surface area contributed by atoms with Crippen molar-refractivity contribution in [2.75, 3.05) is 19.8 Å². The molecule has 19 heavy (non-hydrogen) atoms. The Labute approximate surface area is 110 Å². The predicted molar refractivity (Wildman–Crippen MR) is 64.3 cm³/mol. The van der Waals surface area contributed by atoms with Crippen molar-refractivity contribution in [1.82, 2.24) is 0 Å². The summed E-state index contributed by atoms with van der Waals surface area (Å²) in [5.74, 6) is -3.32. The fraction of sp³-hybridized carbons (Fsp3) is 0.455. The van der Waals surface area contributed by atoms with Crippen LogP contribution >= 0.6 is 0 Å². The highest BCUT2D eigenvalue weighted by Gasteiger charge is 2.21. The molecule has 0 saturated carbocycles. The first-order valence-electron chi connectivity index (χ1n) is 5.59. The van der Waals surface area contributed by atoms with E-state index in [-0.39, 0.29) is 19.0 Å². The molecule has 5 nitrogen and oxygen atoms in total. The fourth-order valence-electron chi connectivity index (χ4n) is 1.30. The van der Waals surface area contributed by atoms with Gasteiger partial charge in [-0.2, -0.15) is 4.39 Å². The number of nitrogens with two attached hydrogens (primary N) is 1. The number of ether oxygens (including phenoxy) is 2. The van der Waals surface area contributed by atoms with Gasteiger partial charge in [-0.15, -0.1) is 0 Å². The molecule has 1 aromatic carbocycles. The normalized spacial score (nSPS) is 11.6. The van der Waals surface area contributed by atoms with Crippen LogP contribution in [0.25, 0.3) is 0 Å². The lowest BCUT2D eigenvalue weighted by molar-refractivity contribution is 0.0988. The van der Waals surface area contributed by atoms with Crippen LogP contribution < -0.4 is 9.88 Å². The lowest BCUT2D eigenvalue weighted by Crippen LogP contribution is -2.15. The number of hydrogen-bond donors (Lipinski definition) is 1. The zero-order valence-electron chi connectivity index (χ0n) is 10.4. The summed E-state index contributed by atoms with van der Waals surface area (Å²) >= 11 is 0. The van der Waals surface area contributed by atoms with E-state index in [2.05, 4.69) is 0 Å². The molecule has 0 saturated heterocycles. The van der Waals surface area contributed by atoms with Gasteiger partial charge in [-0.3, -0.25) is 0 Å². The Morgan fingerprint density at radius 2 is 1.84 bits per heavy atom. The summed E-state index contributed by atoms with van der Waals surface area (Å²) < 4.78 is 58.9. The summed E-state index contributed by atoms with van der Waals surface area (Å²) in [6, 6.07) is 1.87. The molecule has 0 heterocycles. The smallest absolute Gasteiger partial charge is 0.241 e. The second-order valence-electron chi connectivity index (χ2n) is 3.70. The van der Waals surface area contributed by atoms with Crippen LogP contribution in [0.4, 0.5) is 8.78 Å². The number of primary sulfonamides is 1. The SMILES string of the molecule is CCCOCCOc1ccc(S(N)(=O)=O)c(F)c1F. The molecule has 108 valence electrons. The summed E-state index contributed by atoms with van der Waals surface area (Å²) in [6.45, 7) is 2.74. The molecular weight excluding hydrogens is 280 g/mol. The maximum Gasteiger partial charge on any atom is 0.241 e. The molecule has 1 rings (SSSR count). The summed E-state index contributed by atoms with van der Waals surface area (Å²) in [4.78, 5) is -0.903. The van der Waals surface area contributed by atoms with Crippen molar-refractivity contribution in [2.45, 2.75) is 18.2 Å². The van der Waals surface area contributed by atoms with Crippen molar-refractivity contribution in [2.24, 2.45) is 5.14 Å². The third-order valence-electron chi connectivity index (χ3n) is 2.15. The monoisotopic (exact) mass is 295 g/mol. The van der Waals surface area contributed by atoms with Crippen molar-refractivity contribution in [1.29, 1.82) is 0 Å². The first-order chi connectivity index (χ1) is 8.88. The Balaban J connectivity index is 2.75. The van der Waals surface area contributed by atoms with Crippen LogP contribution in [-0.4, -0.2) is 28.2 Å². The average Bonchev–Trinajstić information content (AvgIpc) is 2.32. The molecule has 0 spiro atoms. The van der Waals surface area contributed by atoms with Crippen LogP contribution in [0.2, 0.25) is 0 Å². The standard InChI is InChI=1S/C11H15F2NO4S/c1-2-5-17-6-7-18-8-3-4-9(19(14,15)16)11(13)10(8)12/h3-4H,2,5-7H2,1H3,(H2,14,15,16). The molecule has 0 aliphatic rings. The van der Waals surface area contributed by atoms with Crippen LogP contribution in [-0.2, 0) is 14.8 Å². The van der Waals surface area contributed by atoms with Gasteiger partial charge in [0.05, 0.1) is 6.61 Å². The molecule has 0 radical (unpaired) electrons. The molecule has 0 atom stereocenters. The molecule has 0 bridgehead atoms. The summed E-state index contributed by atoms with van der Waals surface area (Å²) in [5.41, 5.74) is 0. The minimum absolute atomic E-state index is 0.0328. The van der Waals surface area contributed by atoms with Crippen LogP contribution in [0.1, 0.15) is 13.3 Å². The third kappa shape index (κ3) is 4.41. The Hall–Kier alpha value is -1.25. The fourth-order valence-corrected chi connectivity index (χ4v) is 1.90. The summed E-state index contributed by atoms with van der Waals surface area (Å²) in [6.07, 6.45) is 0.839. The molecule has 0 aromatic heterocycles. The lowest BCUT2D eigenvalue weighted by atomic mass is 10.3. The Kier molecular flexibility index (Phi) is 5.64.